The van der Waals surface area contributed by atoms with Crippen LogP contribution < -0.4 is 5.32 Å². The third-order valence-corrected chi connectivity index (χ3v) is 5.30. The van der Waals surface area contributed by atoms with Crippen LogP contribution in [0.25, 0.3) is 6.08 Å². The SMILES string of the molecule is CSc1ccc(/C=C2/SC(=Nc3ccc(Br)cc3)NC2=O)cc1. The first-order valence-corrected chi connectivity index (χ1v) is 9.67. The lowest BCUT2D eigenvalue weighted by Gasteiger charge is -1.98. The molecule has 0 atom stereocenters. The van der Waals surface area contributed by atoms with Crippen molar-refractivity contribution in [1.29, 1.82) is 0 Å². The average molecular weight is 405 g/mol. The number of hydrogen-bond donors (Lipinski definition) is 1. The number of carbonyl (C=O) groups excluding carboxylic acids is 1. The Morgan fingerprint density at radius 1 is 1.13 bits per heavy atom. The van der Waals surface area contributed by atoms with Gasteiger partial charge in [0.2, 0.25) is 0 Å². The predicted molar refractivity (Wildman–Crippen MR) is 103 cm³/mol. The number of benzene rings is 2. The zero-order valence-corrected chi connectivity index (χ0v) is 15.5. The summed E-state index contributed by atoms with van der Waals surface area (Å²) in [5.41, 5.74) is 1.81. The summed E-state index contributed by atoms with van der Waals surface area (Å²) >= 11 is 6.44. The number of nitrogens with one attached hydrogen (secondary N) is 1. The van der Waals surface area contributed by atoms with Crippen molar-refractivity contribution in [2.75, 3.05) is 6.26 Å². The average Bonchev–Trinajstić information content (AvgIpc) is 2.90. The van der Waals surface area contributed by atoms with Crippen LogP contribution in [0.3, 0.4) is 0 Å². The molecule has 2 aromatic carbocycles. The maximum absolute atomic E-state index is 12.1. The highest BCUT2D eigenvalue weighted by atomic mass is 79.9. The van der Waals surface area contributed by atoms with Crippen molar-refractivity contribution in [3.05, 3.63) is 63.5 Å². The van der Waals surface area contributed by atoms with E-state index in [1.807, 2.05) is 60.9 Å². The van der Waals surface area contributed by atoms with E-state index in [9.17, 15) is 4.79 Å². The number of thioether (sulfide) groups is 2. The molecule has 0 unspecified atom stereocenters. The van der Waals surface area contributed by atoms with Crippen LogP contribution in [-0.4, -0.2) is 17.3 Å². The molecule has 1 amide bonds. The molecule has 1 aliphatic rings. The first-order chi connectivity index (χ1) is 11.1. The Morgan fingerprint density at radius 3 is 2.48 bits per heavy atom. The normalized spacial score (nSPS) is 17.7. The number of aliphatic imine (C=N–C) groups is 1. The van der Waals surface area contributed by atoms with Crippen molar-refractivity contribution in [2.24, 2.45) is 4.99 Å². The molecule has 0 bridgehead atoms. The Balaban J connectivity index is 1.78. The summed E-state index contributed by atoms with van der Waals surface area (Å²) in [5.74, 6) is -0.111. The number of amidine groups is 1. The first kappa shape index (κ1) is 16.4. The van der Waals surface area contributed by atoms with Gasteiger partial charge in [-0.1, -0.05) is 28.1 Å². The molecule has 1 heterocycles. The molecule has 0 radical (unpaired) electrons. The van der Waals surface area contributed by atoms with Crippen molar-refractivity contribution in [1.82, 2.24) is 5.32 Å². The molecule has 3 nitrogen and oxygen atoms in total. The number of nitrogens with zero attached hydrogens (tertiary/aromatic N) is 1. The summed E-state index contributed by atoms with van der Waals surface area (Å²) in [5, 5.41) is 3.40. The molecule has 23 heavy (non-hydrogen) atoms. The molecule has 1 N–H and O–H groups in total. The molecular formula is C17H13BrN2OS2. The third kappa shape index (κ3) is 4.28. The summed E-state index contributed by atoms with van der Waals surface area (Å²) in [6.07, 6.45) is 3.92. The second kappa shape index (κ2) is 7.38. The maximum atomic E-state index is 12.1. The first-order valence-electron chi connectivity index (χ1n) is 6.83. The van der Waals surface area contributed by atoms with E-state index in [0.29, 0.717) is 10.1 Å². The van der Waals surface area contributed by atoms with E-state index in [1.165, 1.54) is 16.7 Å². The van der Waals surface area contributed by atoms with E-state index in [0.717, 1.165) is 15.7 Å². The van der Waals surface area contributed by atoms with Crippen LogP contribution in [0.2, 0.25) is 0 Å². The van der Waals surface area contributed by atoms with Gasteiger partial charge in [-0.2, -0.15) is 0 Å². The minimum Gasteiger partial charge on any atom is -0.300 e. The van der Waals surface area contributed by atoms with Crippen LogP contribution in [0.1, 0.15) is 5.56 Å². The topological polar surface area (TPSA) is 41.5 Å². The molecule has 1 saturated heterocycles. The summed E-state index contributed by atoms with van der Waals surface area (Å²) in [6, 6.07) is 15.7. The van der Waals surface area contributed by atoms with Crippen molar-refractivity contribution in [3.63, 3.8) is 0 Å². The minimum atomic E-state index is -0.111. The van der Waals surface area contributed by atoms with Crippen molar-refractivity contribution in [3.8, 4) is 0 Å². The van der Waals surface area contributed by atoms with Gasteiger partial charge in [-0.05, 0) is 66.1 Å². The fourth-order valence-electron chi connectivity index (χ4n) is 1.96. The Kier molecular flexibility index (Phi) is 5.25. The largest absolute Gasteiger partial charge is 0.300 e. The molecule has 0 spiro atoms. The molecule has 6 heteroatoms. The third-order valence-electron chi connectivity index (χ3n) is 3.12. The monoisotopic (exact) mass is 404 g/mol. The summed E-state index contributed by atoms with van der Waals surface area (Å²) < 4.78 is 0.999. The molecule has 1 fully saturated rings. The molecule has 1 aliphatic heterocycles. The van der Waals surface area contributed by atoms with E-state index in [2.05, 4.69) is 26.2 Å². The quantitative estimate of drug-likeness (QED) is 0.573. The predicted octanol–water partition coefficient (Wildman–Crippen LogP) is 5.06. The van der Waals surface area contributed by atoms with Gasteiger partial charge in [-0.25, -0.2) is 4.99 Å². The van der Waals surface area contributed by atoms with Gasteiger partial charge in [0.1, 0.15) is 0 Å². The van der Waals surface area contributed by atoms with Gasteiger partial charge in [-0.15, -0.1) is 11.8 Å². The van der Waals surface area contributed by atoms with Crippen LogP contribution in [0.5, 0.6) is 0 Å². The van der Waals surface area contributed by atoms with E-state index in [-0.39, 0.29) is 5.91 Å². The maximum Gasteiger partial charge on any atom is 0.264 e. The molecule has 0 aliphatic carbocycles. The molecule has 0 saturated carbocycles. The fraction of sp³-hybridized carbons (Fsp3) is 0.0588. The fourth-order valence-corrected chi connectivity index (χ4v) is 3.48. The van der Waals surface area contributed by atoms with Crippen LogP contribution in [0, 0.1) is 0 Å². The van der Waals surface area contributed by atoms with Crippen LogP contribution >= 0.6 is 39.5 Å². The Hall–Kier alpha value is -1.50. The molecule has 0 aromatic heterocycles. The molecule has 116 valence electrons. The van der Waals surface area contributed by atoms with Gasteiger partial charge in [0.05, 0.1) is 10.6 Å². The zero-order chi connectivity index (χ0) is 16.2. The van der Waals surface area contributed by atoms with Crippen molar-refractivity contribution in [2.45, 2.75) is 4.90 Å². The summed E-state index contributed by atoms with van der Waals surface area (Å²) in [6.45, 7) is 0. The summed E-state index contributed by atoms with van der Waals surface area (Å²) in [7, 11) is 0. The lowest BCUT2D eigenvalue weighted by molar-refractivity contribution is -0.115. The highest BCUT2D eigenvalue weighted by Crippen LogP contribution is 2.28. The van der Waals surface area contributed by atoms with Gasteiger partial charge in [-0.3, -0.25) is 4.79 Å². The van der Waals surface area contributed by atoms with Crippen LogP contribution in [0.4, 0.5) is 5.69 Å². The van der Waals surface area contributed by atoms with Gasteiger partial charge in [0.15, 0.2) is 5.17 Å². The number of hydrogen-bond acceptors (Lipinski definition) is 4. The Morgan fingerprint density at radius 2 is 1.83 bits per heavy atom. The standard InChI is InChI=1S/C17H13BrN2OS2/c1-22-14-8-2-11(3-9-14)10-15-16(21)20-17(23-15)19-13-6-4-12(18)5-7-13/h2-10H,1H3,(H,19,20,21)/b15-10+. The summed E-state index contributed by atoms with van der Waals surface area (Å²) in [4.78, 5) is 18.4. The van der Waals surface area contributed by atoms with Crippen LogP contribution in [0.15, 0.2) is 67.8 Å². The van der Waals surface area contributed by atoms with E-state index in [4.69, 9.17) is 0 Å². The highest BCUT2D eigenvalue weighted by Gasteiger charge is 2.23. The second-order valence-corrected chi connectivity index (χ2v) is 7.56. The number of amides is 1. The molecule has 2 aromatic rings. The van der Waals surface area contributed by atoms with Gasteiger partial charge < -0.3 is 5.32 Å². The Bertz CT molecular complexity index is 783. The Labute approximate surface area is 151 Å². The second-order valence-electron chi connectivity index (χ2n) is 4.73. The van der Waals surface area contributed by atoms with E-state index >= 15 is 0 Å². The van der Waals surface area contributed by atoms with Crippen molar-refractivity contribution < 1.29 is 4.79 Å². The number of halogens is 1. The molecular weight excluding hydrogens is 392 g/mol. The van der Waals surface area contributed by atoms with Gasteiger partial charge in [0, 0.05) is 9.37 Å². The molecule has 3 rings (SSSR count). The number of rotatable bonds is 3. The van der Waals surface area contributed by atoms with E-state index < -0.39 is 0 Å². The highest BCUT2D eigenvalue weighted by molar-refractivity contribution is 9.10. The smallest absolute Gasteiger partial charge is 0.264 e. The van der Waals surface area contributed by atoms with Gasteiger partial charge in [0.25, 0.3) is 5.91 Å². The van der Waals surface area contributed by atoms with Crippen molar-refractivity contribution >= 4 is 62.3 Å². The minimum absolute atomic E-state index is 0.111. The van der Waals surface area contributed by atoms with Crippen LogP contribution in [-0.2, 0) is 4.79 Å². The zero-order valence-electron chi connectivity index (χ0n) is 12.2. The number of carbonyl (C=O) groups is 1. The van der Waals surface area contributed by atoms with E-state index in [1.54, 1.807) is 11.8 Å². The lowest BCUT2D eigenvalue weighted by atomic mass is 10.2. The lowest BCUT2D eigenvalue weighted by Crippen LogP contribution is -2.19. The van der Waals surface area contributed by atoms with Gasteiger partial charge >= 0.3 is 0 Å².